The van der Waals surface area contributed by atoms with Gasteiger partial charge in [-0.15, -0.1) is 9.90 Å². The van der Waals surface area contributed by atoms with E-state index in [0.717, 1.165) is 43.0 Å². The average molecular weight is 347 g/mol. The lowest BCUT2D eigenvalue weighted by Crippen LogP contribution is -2.16. The first kappa shape index (κ1) is 15.2. The van der Waals surface area contributed by atoms with Gasteiger partial charge in [0.25, 0.3) is 0 Å². The van der Waals surface area contributed by atoms with Crippen LogP contribution in [0.25, 0.3) is 5.69 Å². The summed E-state index contributed by atoms with van der Waals surface area (Å²) < 4.78 is 5.88. The summed E-state index contributed by atoms with van der Waals surface area (Å²) in [6, 6.07) is 17.4. The van der Waals surface area contributed by atoms with Gasteiger partial charge in [0.2, 0.25) is 6.41 Å². The fourth-order valence-corrected chi connectivity index (χ4v) is 3.48. The number of hydrogen-bond acceptors (Lipinski definition) is 5. The highest BCUT2D eigenvalue weighted by Crippen LogP contribution is 2.47. The van der Waals surface area contributed by atoms with Gasteiger partial charge in [0.1, 0.15) is 0 Å². The third-order valence-electron chi connectivity index (χ3n) is 4.93. The Bertz CT molecular complexity index is 940. The Hall–Kier alpha value is -3.03. The average Bonchev–Trinajstić information content (AvgIpc) is 3.04. The highest BCUT2D eigenvalue weighted by Gasteiger charge is 2.58. The van der Waals surface area contributed by atoms with Crippen molar-refractivity contribution in [1.82, 2.24) is 19.9 Å². The summed E-state index contributed by atoms with van der Waals surface area (Å²) in [6.07, 6.45) is 2.33. The van der Waals surface area contributed by atoms with Crippen molar-refractivity contribution in [3.8, 4) is 5.69 Å². The lowest BCUT2D eigenvalue weighted by Gasteiger charge is -2.16. The van der Waals surface area contributed by atoms with E-state index >= 15 is 0 Å². The SMILES string of the molecule is O=CN(c1ccc(C23CN2CCO3)cc1)c1cnn(-c2ccccc2)n1. The molecular formula is C19H17N5O2. The molecule has 2 aliphatic rings. The zero-order valence-electron chi connectivity index (χ0n) is 14.0. The second-order valence-electron chi connectivity index (χ2n) is 6.40. The number of rotatable bonds is 5. The Labute approximate surface area is 150 Å². The predicted octanol–water partition coefficient (Wildman–Crippen LogP) is 2.06. The Kier molecular flexibility index (Phi) is 3.37. The van der Waals surface area contributed by atoms with Crippen molar-refractivity contribution in [3.05, 3.63) is 66.4 Å². The summed E-state index contributed by atoms with van der Waals surface area (Å²) in [7, 11) is 0. The van der Waals surface area contributed by atoms with Gasteiger partial charge in [0.05, 0.1) is 24.2 Å². The minimum absolute atomic E-state index is 0.235. The molecule has 3 aromatic rings. The van der Waals surface area contributed by atoms with E-state index in [1.807, 2.05) is 54.6 Å². The molecule has 1 aromatic heterocycles. The molecule has 26 heavy (non-hydrogen) atoms. The molecule has 0 bridgehead atoms. The van der Waals surface area contributed by atoms with Crippen LogP contribution in [-0.4, -0.2) is 46.0 Å². The number of benzene rings is 2. The molecule has 2 aromatic carbocycles. The maximum Gasteiger partial charge on any atom is 0.219 e. The van der Waals surface area contributed by atoms with Gasteiger partial charge in [-0.05, 0) is 24.3 Å². The first-order valence-electron chi connectivity index (χ1n) is 8.52. The van der Waals surface area contributed by atoms with Crippen molar-refractivity contribution in [2.24, 2.45) is 0 Å². The van der Waals surface area contributed by atoms with E-state index in [-0.39, 0.29) is 5.72 Å². The molecule has 5 rings (SSSR count). The standard InChI is InChI=1S/C19H17N5O2/c25-14-23(18-12-20-24(21-18)17-4-2-1-3-5-17)16-8-6-15(7-9-16)19-13-22(19)10-11-26-19/h1-9,12,14H,10-11,13H2. The molecule has 2 saturated heterocycles. The van der Waals surface area contributed by atoms with Crippen molar-refractivity contribution < 1.29 is 9.53 Å². The second-order valence-corrected chi connectivity index (χ2v) is 6.40. The van der Waals surface area contributed by atoms with Crippen molar-refractivity contribution in [1.29, 1.82) is 0 Å². The number of hydrogen-bond donors (Lipinski definition) is 0. The minimum Gasteiger partial charge on any atom is -0.353 e. The summed E-state index contributed by atoms with van der Waals surface area (Å²) in [5, 5.41) is 8.67. The third-order valence-corrected chi connectivity index (χ3v) is 4.93. The van der Waals surface area contributed by atoms with Crippen LogP contribution in [0.15, 0.2) is 60.8 Å². The van der Waals surface area contributed by atoms with Gasteiger partial charge in [-0.3, -0.25) is 14.6 Å². The van der Waals surface area contributed by atoms with E-state index in [0.29, 0.717) is 5.82 Å². The number of amides is 1. The number of nitrogens with zero attached hydrogens (tertiary/aromatic N) is 5. The summed E-state index contributed by atoms with van der Waals surface area (Å²) in [5.74, 6) is 0.472. The molecule has 2 aliphatic heterocycles. The summed E-state index contributed by atoms with van der Waals surface area (Å²) in [4.78, 5) is 17.0. The van der Waals surface area contributed by atoms with Gasteiger partial charge >= 0.3 is 0 Å². The summed E-state index contributed by atoms with van der Waals surface area (Å²) >= 11 is 0. The zero-order chi connectivity index (χ0) is 17.6. The van der Waals surface area contributed by atoms with E-state index in [2.05, 4.69) is 15.1 Å². The third kappa shape index (κ3) is 2.33. The van der Waals surface area contributed by atoms with Crippen molar-refractivity contribution in [3.63, 3.8) is 0 Å². The normalized spacial score (nSPS) is 23.5. The molecule has 0 N–H and O–H groups in total. The van der Waals surface area contributed by atoms with Crippen molar-refractivity contribution >= 4 is 17.9 Å². The van der Waals surface area contributed by atoms with Gasteiger partial charge in [0.15, 0.2) is 11.5 Å². The molecule has 7 heteroatoms. The van der Waals surface area contributed by atoms with Crippen LogP contribution in [0.2, 0.25) is 0 Å². The maximum absolute atomic E-state index is 11.7. The van der Waals surface area contributed by atoms with Crippen LogP contribution in [0.3, 0.4) is 0 Å². The molecule has 2 fully saturated rings. The van der Waals surface area contributed by atoms with Crippen LogP contribution in [0.1, 0.15) is 5.56 Å². The number of para-hydroxylation sites is 1. The number of carbonyl (C=O) groups excluding carboxylic acids is 1. The van der Waals surface area contributed by atoms with Gasteiger partial charge < -0.3 is 4.74 Å². The quantitative estimate of drug-likeness (QED) is 0.522. The number of carbonyl (C=O) groups is 1. The predicted molar refractivity (Wildman–Crippen MR) is 95.2 cm³/mol. The minimum atomic E-state index is -0.235. The lowest BCUT2D eigenvalue weighted by atomic mass is 10.1. The molecule has 0 aliphatic carbocycles. The molecule has 1 amide bonds. The van der Waals surface area contributed by atoms with Crippen LogP contribution in [0.5, 0.6) is 0 Å². The Balaban J connectivity index is 1.41. The van der Waals surface area contributed by atoms with Crippen LogP contribution < -0.4 is 4.90 Å². The fourth-order valence-electron chi connectivity index (χ4n) is 3.48. The molecule has 0 saturated carbocycles. The molecule has 3 heterocycles. The highest BCUT2D eigenvalue weighted by molar-refractivity contribution is 5.84. The smallest absolute Gasteiger partial charge is 0.219 e. The summed E-state index contributed by atoms with van der Waals surface area (Å²) in [6.45, 7) is 2.69. The molecule has 0 spiro atoms. The van der Waals surface area contributed by atoms with Gasteiger partial charge in [0, 0.05) is 18.7 Å². The van der Waals surface area contributed by atoms with Gasteiger partial charge in [-0.2, -0.15) is 5.10 Å². The van der Waals surface area contributed by atoms with Gasteiger partial charge in [-0.25, -0.2) is 0 Å². The zero-order valence-corrected chi connectivity index (χ0v) is 14.0. The molecule has 0 radical (unpaired) electrons. The molecule has 7 nitrogen and oxygen atoms in total. The molecule has 2 atom stereocenters. The Morgan fingerprint density at radius 2 is 1.92 bits per heavy atom. The first-order valence-corrected chi connectivity index (χ1v) is 8.52. The number of ether oxygens (including phenoxy) is 1. The molecular weight excluding hydrogens is 330 g/mol. The summed E-state index contributed by atoms with van der Waals surface area (Å²) in [5.41, 5.74) is 2.47. The van der Waals surface area contributed by atoms with E-state index in [4.69, 9.17) is 4.74 Å². The van der Waals surface area contributed by atoms with Crippen molar-refractivity contribution in [2.75, 3.05) is 24.6 Å². The molecule has 130 valence electrons. The number of aromatic nitrogens is 3. The highest BCUT2D eigenvalue weighted by atomic mass is 16.5. The lowest BCUT2D eigenvalue weighted by molar-refractivity contribution is -0.106. The first-order chi connectivity index (χ1) is 12.8. The van der Waals surface area contributed by atoms with Gasteiger partial charge in [-0.1, -0.05) is 30.3 Å². The Morgan fingerprint density at radius 3 is 2.58 bits per heavy atom. The van der Waals surface area contributed by atoms with Crippen molar-refractivity contribution in [2.45, 2.75) is 5.72 Å². The van der Waals surface area contributed by atoms with E-state index in [1.165, 1.54) is 9.70 Å². The number of anilines is 2. The van der Waals surface area contributed by atoms with Crippen LogP contribution in [0, 0.1) is 0 Å². The Morgan fingerprint density at radius 1 is 1.12 bits per heavy atom. The monoisotopic (exact) mass is 347 g/mol. The van der Waals surface area contributed by atoms with Crippen LogP contribution in [0.4, 0.5) is 11.5 Å². The van der Waals surface area contributed by atoms with Crippen LogP contribution >= 0.6 is 0 Å². The topological polar surface area (TPSA) is 63.3 Å². The molecule has 2 unspecified atom stereocenters. The van der Waals surface area contributed by atoms with E-state index in [1.54, 1.807) is 6.20 Å². The fraction of sp³-hybridized carbons (Fsp3) is 0.211. The largest absolute Gasteiger partial charge is 0.353 e. The van der Waals surface area contributed by atoms with Crippen LogP contribution in [-0.2, 0) is 15.3 Å². The van der Waals surface area contributed by atoms with E-state index in [9.17, 15) is 4.79 Å². The second kappa shape index (κ2) is 5.76. The van der Waals surface area contributed by atoms with E-state index < -0.39 is 0 Å². The number of morpholine rings is 1. The number of fused-ring (bicyclic) bond motifs is 1. The maximum atomic E-state index is 11.7.